The Morgan fingerprint density at radius 3 is 2.74 bits per heavy atom. The number of allylic oxidation sites excluding steroid dienone is 3. The first kappa shape index (κ1) is 18.8. The molecule has 1 heterocycles. The van der Waals surface area contributed by atoms with Crippen LogP contribution in [0.1, 0.15) is 18.4 Å². The summed E-state index contributed by atoms with van der Waals surface area (Å²) in [6.45, 7) is 0.746. The van der Waals surface area contributed by atoms with Gasteiger partial charge in [0.2, 0.25) is 5.82 Å². The molecular weight excluding hydrogens is 340 g/mol. The Bertz CT molecular complexity index is 844. The molecule has 1 aliphatic carbocycles. The zero-order valence-electron chi connectivity index (χ0n) is 15.8. The summed E-state index contributed by atoms with van der Waals surface area (Å²) < 4.78 is 5.39. The van der Waals surface area contributed by atoms with Crippen molar-refractivity contribution in [2.75, 3.05) is 26.0 Å². The third kappa shape index (κ3) is 5.01. The van der Waals surface area contributed by atoms with Gasteiger partial charge in [0, 0.05) is 6.54 Å². The van der Waals surface area contributed by atoms with E-state index in [0.717, 1.165) is 25.8 Å². The Hall–Kier alpha value is -2.99. The number of nitrogens with zero attached hydrogens (tertiary/aromatic N) is 3. The number of amides is 1. The topological polar surface area (TPSA) is 64.1 Å². The molecule has 0 radical (unpaired) electrons. The van der Waals surface area contributed by atoms with Gasteiger partial charge in [-0.1, -0.05) is 36.4 Å². The SMILES string of the molecule is C[N+](C)(C(=O)OC1=CCCC=C1)c1cc(NCCc2ccccc2)ncn1. The second kappa shape index (κ2) is 8.60. The maximum atomic E-state index is 12.6. The Labute approximate surface area is 159 Å². The monoisotopic (exact) mass is 365 g/mol. The minimum Gasteiger partial charge on any atom is -0.381 e. The molecule has 6 nitrogen and oxygen atoms in total. The van der Waals surface area contributed by atoms with Crippen LogP contribution in [-0.4, -0.2) is 36.7 Å². The number of benzene rings is 1. The summed E-state index contributed by atoms with van der Waals surface area (Å²) in [5, 5.41) is 3.29. The summed E-state index contributed by atoms with van der Waals surface area (Å²) in [6, 6.07) is 12.0. The quantitative estimate of drug-likeness (QED) is 0.782. The molecule has 1 aromatic heterocycles. The summed E-state index contributed by atoms with van der Waals surface area (Å²) in [4.78, 5) is 21.2. The zero-order chi connectivity index (χ0) is 19.1. The van der Waals surface area contributed by atoms with Crippen LogP contribution >= 0.6 is 0 Å². The number of hydrogen-bond donors (Lipinski definition) is 1. The number of nitrogens with one attached hydrogen (secondary N) is 1. The number of anilines is 1. The second-order valence-electron chi connectivity index (χ2n) is 6.83. The van der Waals surface area contributed by atoms with Crippen molar-refractivity contribution in [3.63, 3.8) is 0 Å². The van der Waals surface area contributed by atoms with E-state index >= 15 is 0 Å². The first-order chi connectivity index (χ1) is 13.1. The van der Waals surface area contributed by atoms with Crippen LogP contribution in [0, 0.1) is 0 Å². The van der Waals surface area contributed by atoms with Crippen LogP contribution in [0.3, 0.4) is 0 Å². The maximum Gasteiger partial charge on any atom is 0.527 e. The Morgan fingerprint density at radius 1 is 1.19 bits per heavy atom. The molecule has 0 saturated heterocycles. The molecule has 0 saturated carbocycles. The summed E-state index contributed by atoms with van der Waals surface area (Å²) in [6.07, 6.45) is 9.59. The summed E-state index contributed by atoms with van der Waals surface area (Å²) in [5.41, 5.74) is 1.26. The highest BCUT2D eigenvalue weighted by Crippen LogP contribution is 2.22. The average Bonchev–Trinajstić information content (AvgIpc) is 2.70. The number of rotatable bonds is 6. The van der Waals surface area contributed by atoms with Crippen molar-refractivity contribution in [1.29, 1.82) is 0 Å². The van der Waals surface area contributed by atoms with E-state index in [1.807, 2.05) is 36.4 Å². The highest BCUT2D eigenvalue weighted by Gasteiger charge is 2.34. The van der Waals surface area contributed by atoms with Gasteiger partial charge < -0.3 is 10.1 Å². The first-order valence-electron chi connectivity index (χ1n) is 9.09. The van der Waals surface area contributed by atoms with E-state index in [0.29, 0.717) is 17.4 Å². The van der Waals surface area contributed by atoms with Gasteiger partial charge in [0.15, 0.2) is 0 Å². The van der Waals surface area contributed by atoms with Gasteiger partial charge in [0.25, 0.3) is 0 Å². The molecule has 0 fully saturated rings. The average molecular weight is 365 g/mol. The minimum absolute atomic E-state index is 0.124. The lowest BCUT2D eigenvalue weighted by atomic mass is 10.1. The van der Waals surface area contributed by atoms with E-state index in [2.05, 4.69) is 27.4 Å². The molecule has 0 spiro atoms. The minimum atomic E-state index is -0.387. The van der Waals surface area contributed by atoms with Gasteiger partial charge in [-0.15, -0.1) is 0 Å². The molecule has 27 heavy (non-hydrogen) atoms. The van der Waals surface area contributed by atoms with Crippen LogP contribution in [0.15, 0.2) is 66.7 Å². The molecular formula is C21H25N4O2+. The lowest BCUT2D eigenvalue weighted by molar-refractivity contribution is 0.149. The van der Waals surface area contributed by atoms with E-state index in [-0.39, 0.29) is 10.6 Å². The molecule has 0 unspecified atom stereocenters. The van der Waals surface area contributed by atoms with Crippen molar-refractivity contribution < 1.29 is 9.53 Å². The predicted molar refractivity (Wildman–Crippen MR) is 107 cm³/mol. The van der Waals surface area contributed by atoms with Crippen molar-refractivity contribution in [2.45, 2.75) is 19.3 Å². The first-order valence-corrected chi connectivity index (χ1v) is 9.09. The fraction of sp³-hybridized carbons (Fsp3) is 0.286. The predicted octanol–water partition coefficient (Wildman–Crippen LogP) is 4.07. The molecule has 3 rings (SSSR count). The van der Waals surface area contributed by atoms with E-state index in [4.69, 9.17) is 4.74 Å². The highest BCUT2D eigenvalue weighted by molar-refractivity contribution is 5.81. The molecule has 1 aromatic carbocycles. The smallest absolute Gasteiger partial charge is 0.381 e. The van der Waals surface area contributed by atoms with E-state index in [1.54, 1.807) is 20.2 Å². The standard InChI is InChI=1S/C21H25N4O2/c1-25(2,21(26)27-18-11-7-4-8-12-18)20-15-19(23-16-24-20)22-14-13-17-9-5-3-6-10-17/h3,5-7,9-12,15-16H,4,8,13-14H2,1-2H3,(H,22,23,24)/q+1. The van der Waals surface area contributed by atoms with E-state index in [9.17, 15) is 4.79 Å². The largest absolute Gasteiger partial charge is 0.527 e. The molecule has 0 atom stereocenters. The summed E-state index contributed by atoms with van der Waals surface area (Å²) in [5.74, 6) is 1.84. The maximum absolute atomic E-state index is 12.6. The molecule has 6 heteroatoms. The molecule has 1 aliphatic rings. The number of quaternary nitrogens is 1. The number of carbonyl (C=O) groups is 1. The van der Waals surface area contributed by atoms with Crippen molar-refractivity contribution in [3.05, 3.63) is 72.3 Å². The Morgan fingerprint density at radius 2 is 2.00 bits per heavy atom. The molecule has 0 aliphatic heterocycles. The second-order valence-corrected chi connectivity index (χ2v) is 6.83. The van der Waals surface area contributed by atoms with Crippen LogP contribution in [0.25, 0.3) is 0 Å². The number of ether oxygens (including phenoxy) is 1. The van der Waals surface area contributed by atoms with Crippen molar-refractivity contribution in [2.24, 2.45) is 0 Å². The summed E-state index contributed by atoms with van der Waals surface area (Å²) >= 11 is 0. The van der Waals surface area contributed by atoms with Gasteiger partial charge in [-0.25, -0.2) is 4.98 Å². The van der Waals surface area contributed by atoms with Crippen LogP contribution in [0.5, 0.6) is 0 Å². The van der Waals surface area contributed by atoms with Crippen molar-refractivity contribution in [1.82, 2.24) is 14.5 Å². The molecule has 1 amide bonds. The fourth-order valence-electron chi connectivity index (χ4n) is 2.70. The number of hydrogen-bond acceptors (Lipinski definition) is 5. The number of carbonyl (C=O) groups excluding carboxylic acids is 1. The van der Waals surface area contributed by atoms with Gasteiger partial charge >= 0.3 is 6.09 Å². The van der Waals surface area contributed by atoms with Gasteiger partial charge in [0.1, 0.15) is 17.9 Å². The molecule has 0 bridgehead atoms. The third-order valence-corrected chi connectivity index (χ3v) is 4.41. The van der Waals surface area contributed by atoms with Crippen LogP contribution in [-0.2, 0) is 11.2 Å². The lowest BCUT2D eigenvalue weighted by Crippen LogP contribution is -2.47. The fourth-order valence-corrected chi connectivity index (χ4v) is 2.70. The van der Waals surface area contributed by atoms with Gasteiger partial charge in [-0.2, -0.15) is 14.3 Å². The third-order valence-electron chi connectivity index (χ3n) is 4.41. The summed E-state index contributed by atoms with van der Waals surface area (Å²) in [7, 11) is 3.51. The molecule has 140 valence electrons. The molecule has 2 aromatic rings. The number of aromatic nitrogens is 2. The van der Waals surface area contributed by atoms with Crippen molar-refractivity contribution in [3.8, 4) is 0 Å². The Kier molecular flexibility index (Phi) is 5.98. The van der Waals surface area contributed by atoms with Crippen LogP contribution in [0.2, 0.25) is 0 Å². The van der Waals surface area contributed by atoms with E-state index < -0.39 is 0 Å². The van der Waals surface area contributed by atoms with Crippen LogP contribution in [0.4, 0.5) is 16.4 Å². The normalized spacial score (nSPS) is 13.8. The van der Waals surface area contributed by atoms with Gasteiger partial charge in [-0.05, 0) is 37.0 Å². The van der Waals surface area contributed by atoms with Crippen LogP contribution < -0.4 is 9.80 Å². The van der Waals surface area contributed by atoms with E-state index in [1.165, 1.54) is 11.9 Å². The molecule has 1 N–H and O–H groups in total. The lowest BCUT2D eigenvalue weighted by Gasteiger charge is -2.24. The Balaban J connectivity index is 1.63. The zero-order valence-corrected chi connectivity index (χ0v) is 15.8. The van der Waals surface area contributed by atoms with Crippen molar-refractivity contribution >= 4 is 17.7 Å². The van der Waals surface area contributed by atoms with Gasteiger partial charge in [-0.3, -0.25) is 0 Å². The highest BCUT2D eigenvalue weighted by atomic mass is 16.6. The van der Waals surface area contributed by atoms with Gasteiger partial charge in [0.05, 0.1) is 20.2 Å².